The summed E-state index contributed by atoms with van der Waals surface area (Å²) >= 11 is 0. The minimum Gasteiger partial charge on any atom is -0.482 e. The van der Waals surface area contributed by atoms with Gasteiger partial charge in [-0.1, -0.05) is 60.7 Å². The molecule has 0 aliphatic rings. The molecule has 0 radical (unpaired) electrons. The van der Waals surface area contributed by atoms with Crippen molar-refractivity contribution in [3.8, 4) is 28.8 Å². The van der Waals surface area contributed by atoms with Gasteiger partial charge in [-0.15, -0.1) is 0 Å². The molecule has 1 N–H and O–H groups in total. The number of benzene rings is 3. The van der Waals surface area contributed by atoms with Crippen molar-refractivity contribution in [1.29, 1.82) is 5.26 Å². The predicted molar refractivity (Wildman–Crippen MR) is 114 cm³/mol. The molecule has 0 bridgehead atoms. The van der Waals surface area contributed by atoms with Gasteiger partial charge in [0.2, 0.25) is 0 Å². The fraction of sp³-hybridized carbons (Fsp3) is 0.0417. The van der Waals surface area contributed by atoms with E-state index in [1.165, 1.54) is 0 Å². The third-order valence-corrected chi connectivity index (χ3v) is 4.41. The molecule has 1 heterocycles. The van der Waals surface area contributed by atoms with Crippen LogP contribution in [0.2, 0.25) is 0 Å². The second-order valence-corrected chi connectivity index (χ2v) is 6.47. The third-order valence-electron chi connectivity index (χ3n) is 4.41. The van der Waals surface area contributed by atoms with Gasteiger partial charge in [0.25, 0.3) is 5.91 Å². The molecule has 1 amide bonds. The van der Waals surface area contributed by atoms with E-state index in [0.717, 1.165) is 16.9 Å². The highest BCUT2D eigenvalue weighted by molar-refractivity contribution is 5.92. The summed E-state index contributed by atoms with van der Waals surface area (Å²) in [6.07, 6.45) is 0. The van der Waals surface area contributed by atoms with E-state index in [1.807, 2.05) is 66.7 Å². The molecule has 0 unspecified atom stereocenters. The molecule has 0 fully saturated rings. The van der Waals surface area contributed by atoms with Gasteiger partial charge in [0.1, 0.15) is 17.6 Å². The third kappa shape index (κ3) is 4.21. The minimum absolute atomic E-state index is 0.223. The zero-order valence-corrected chi connectivity index (χ0v) is 16.0. The van der Waals surface area contributed by atoms with Gasteiger partial charge in [0.05, 0.1) is 16.9 Å². The first-order valence-electron chi connectivity index (χ1n) is 9.37. The number of nitriles is 1. The lowest BCUT2D eigenvalue weighted by Crippen LogP contribution is -2.22. The molecular weight excluding hydrogens is 376 g/mol. The van der Waals surface area contributed by atoms with Crippen LogP contribution in [0.3, 0.4) is 0 Å². The van der Waals surface area contributed by atoms with Gasteiger partial charge in [-0.25, -0.2) is 4.68 Å². The Morgan fingerprint density at radius 2 is 1.63 bits per heavy atom. The smallest absolute Gasteiger partial charge is 0.263 e. The maximum atomic E-state index is 12.6. The molecule has 3 aromatic carbocycles. The predicted octanol–water partition coefficient (Wildman–Crippen LogP) is 4.43. The Morgan fingerprint density at radius 3 is 2.37 bits per heavy atom. The summed E-state index contributed by atoms with van der Waals surface area (Å²) in [4.78, 5) is 12.6. The number of rotatable bonds is 6. The second-order valence-electron chi connectivity index (χ2n) is 6.47. The standard InChI is InChI=1S/C24H18N4O2/c25-16-19-11-7-8-14-22(19)30-17-24(29)26-23-15-21(18-9-3-1-4-10-18)27-28(23)20-12-5-2-6-13-20/h1-15H,17H2,(H,26,29). The van der Waals surface area contributed by atoms with Crippen molar-refractivity contribution in [1.82, 2.24) is 9.78 Å². The Labute approximate surface area is 174 Å². The van der Waals surface area contributed by atoms with Crippen LogP contribution in [0, 0.1) is 11.3 Å². The molecule has 0 saturated heterocycles. The summed E-state index contributed by atoms with van der Waals surface area (Å²) in [5, 5.41) is 16.7. The Kier molecular flexibility index (Phi) is 5.54. The van der Waals surface area contributed by atoms with Crippen molar-refractivity contribution in [2.24, 2.45) is 0 Å². The van der Waals surface area contributed by atoms with Gasteiger partial charge >= 0.3 is 0 Å². The zero-order valence-electron chi connectivity index (χ0n) is 16.0. The van der Waals surface area contributed by atoms with Crippen molar-refractivity contribution < 1.29 is 9.53 Å². The van der Waals surface area contributed by atoms with E-state index in [0.29, 0.717) is 17.1 Å². The van der Waals surface area contributed by atoms with E-state index in [2.05, 4.69) is 16.5 Å². The number of carbonyl (C=O) groups excluding carboxylic acids is 1. The van der Waals surface area contributed by atoms with E-state index < -0.39 is 0 Å². The monoisotopic (exact) mass is 394 g/mol. The maximum Gasteiger partial charge on any atom is 0.263 e. The number of carbonyl (C=O) groups is 1. The van der Waals surface area contributed by atoms with Crippen molar-refractivity contribution in [2.75, 3.05) is 11.9 Å². The van der Waals surface area contributed by atoms with Crippen LogP contribution in [0.5, 0.6) is 5.75 Å². The molecule has 0 aliphatic carbocycles. The molecule has 30 heavy (non-hydrogen) atoms. The van der Waals surface area contributed by atoms with Crippen LogP contribution in [0.15, 0.2) is 91.0 Å². The van der Waals surface area contributed by atoms with Gasteiger partial charge in [0, 0.05) is 11.6 Å². The van der Waals surface area contributed by atoms with E-state index in [1.54, 1.807) is 28.9 Å². The Morgan fingerprint density at radius 1 is 0.967 bits per heavy atom. The highest BCUT2D eigenvalue weighted by Crippen LogP contribution is 2.25. The first kappa shape index (κ1) is 19.0. The van der Waals surface area contributed by atoms with Crippen molar-refractivity contribution >= 4 is 11.7 Å². The number of hydrogen-bond donors (Lipinski definition) is 1. The summed E-state index contributed by atoms with van der Waals surface area (Å²) in [5.41, 5.74) is 2.89. The minimum atomic E-state index is -0.348. The summed E-state index contributed by atoms with van der Waals surface area (Å²) in [5.74, 6) is 0.554. The number of nitrogens with one attached hydrogen (secondary N) is 1. The first-order valence-corrected chi connectivity index (χ1v) is 9.37. The van der Waals surface area contributed by atoms with Gasteiger partial charge < -0.3 is 10.1 Å². The number of amides is 1. The number of ether oxygens (including phenoxy) is 1. The van der Waals surface area contributed by atoms with Crippen LogP contribution >= 0.6 is 0 Å². The van der Waals surface area contributed by atoms with Crippen LogP contribution in [-0.4, -0.2) is 22.3 Å². The van der Waals surface area contributed by atoms with E-state index in [4.69, 9.17) is 10.00 Å². The van der Waals surface area contributed by atoms with Crippen LogP contribution in [0.25, 0.3) is 16.9 Å². The van der Waals surface area contributed by atoms with Gasteiger partial charge in [0.15, 0.2) is 6.61 Å². The average molecular weight is 394 g/mol. The number of hydrogen-bond acceptors (Lipinski definition) is 4. The molecule has 1 aromatic heterocycles. The quantitative estimate of drug-likeness (QED) is 0.525. The molecule has 0 spiro atoms. The van der Waals surface area contributed by atoms with E-state index in [-0.39, 0.29) is 12.5 Å². The largest absolute Gasteiger partial charge is 0.482 e. The van der Waals surface area contributed by atoms with Gasteiger partial charge in [-0.3, -0.25) is 4.79 Å². The Bertz CT molecular complexity index is 1190. The van der Waals surface area contributed by atoms with Gasteiger partial charge in [-0.2, -0.15) is 10.4 Å². The number of anilines is 1. The fourth-order valence-corrected chi connectivity index (χ4v) is 2.99. The second kappa shape index (κ2) is 8.76. The highest BCUT2D eigenvalue weighted by atomic mass is 16.5. The van der Waals surface area contributed by atoms with Crippen LogP contribution < -0.4 is 10.1 Å². The lowest BCUT2D eigenvalue weighted by atomic mass is 10.2. The molecule has 6 heteroatoms. The molecule has 4 aromatic rings. The molecule has 0 saturated carbocycles. The fourth-order valence-electron chi connectivity index (χ4n) is 2.99. The molecule has 6 nitrogen and oxygen atoms in total. The summed E-state index contributed by atoms with van der Waals surface area (Å²) in [6.45, 7) is -0.223. The molecule has 0 atom stereocenters. The molecule has 146 valence electrons. The number of aromatic nitrogens is 2. The lowest BCUT2D eigenvalue weighted by molar-refractivity contribution is -0.118. The van der Waals surface area contributed by atoms with Gasteiger partial charge in [-0.05, 0) is 24.3 Å². The normalized spacial score (nSPS) is 10.2. The summed E-state index contributed by atoms with van der Waals surface area (Å²) in [7, 11) is 0. The Balaban J connectivity index is 1.57. The zero-order chi connectivity index (χ0) is 20.8. The molecular formula is C24H18N4O2. The Hall–Kier alpha value is -4.37. The summed E-state index contributed by atoms with van der Waals surface area (Å²) in [6, 6.07) is 30.0. The lowest BCUT2D eigenvalue weighted by Gasteiger charge is -2.10. The molecule has 4 rings (SSSR count). The van der Waals surface area contributed by atoms with E-state index >= 15 is 0 Å². The highest BCUT2D eigenvalue weighted by Gasteiger charge is 2.14. The molecule has 0 aliphatic heterocycles. The van der Waals surface area contributed by atoms with Crippen LogP contribution in [-0.2, 0) is 4.79 Å². The number of para-hydroxylation sites is 2. The van der Waals surface area contributed by atoms with E-state index in [9.17, 15) is 4.79 Å². The SMILES string of the molecule is N#Cc1ccccc1OCC(=O)Nc1cc(-c2ccccc2)nn1-c1ccccc1. The maximum absolute atomic E-state index is 12.6. The van der Waals surface area contributed by atoms with Crippen LogP contribution in [0.1, 0.15) is 5.56 Å². The average Bonchev–Trinajstić information content (AvgIpc) is 3.22. The summed E-state index contributed by atoms with van der Waals surface area (Å²) < 4.78 is 7.22. The van der Waals surface area contributed by atoms with Crippen molar-refractivity contribution in [3.05, 3.63) is 96.6 Å². The topological polar surface area (TPSA) is 79.9 Å². The number of nitrogens with zero attached hydrogens (tertiary/aromatic N) is 3. The van der Waals surface area contributed by atoms with Crippen molar-refractivity contribution in [3.63, 3.8) is 0 Å². The van der Waals surface area contributed by atoms with Crippen molar-refractivity contribution in [2.45, 2.75) is 0 Å². The van der Waals surface area contributed by atoms with Crippen LogP contribution in [0.4, 0.5) is 5.82 Å². The first-order chi connectivity index (χ1) is 14.7.